The summed E-state index contributed by atoms with van der Waals surface area (Å²) in [7, 11) is 0. The highest BCUT2D eigenvalue weighted by Crippen LogP contribution is 2.17. The van der Waals surface area contributed by atoms with Crippen LogP contribution in [0.5, 0.6) is 0 Å². The lowest BCUT2D eigenvalue weighted by atomic mass is 10.1. The summed E-state index contributed by atoms with van der Waals surface area (Å²) in [6.07, 6.45) is 2.65. The van der Waals surface area contributed by atoms with E-state index in [1.54, 1.807) is 0 Å². The molecule has 1 fully saturated rings. The van der Waals surface area contributed by atoms with Crippen molar-refractivity contribution in [2.24, 2.45) is 5.92 Å². The standard InChI is InChI=1S/C16H20N2O2/c1-2-15(19)17-11-14-10-16(20)18(12-14)9-8-13-6-4-3-5-7-13/h2-7,14H,1,8-12H2,(H,17,19). The molecule has 1 N–H and O–H groups in total. The van der Waals surface area contributed by atoms with Crippen molar-refractivity contribution in [2.45, 2.75) is 12.8 Å². The number of carbonyl (C=O) groups excluding carboxylic acids is 2. The fourth-order valence-electron chi connectivity index (χ4n) is 2.43. The number of hydrogen-bond acceptors (Lipinski definition) is 2. The van der Waals surface area contributed by atoms with Gasteiger partial charge < -0.3 is 10.2 Å². The lowest BCUT2D eigenvalue weighted by molar-refractivity contribution is -0.127. The Labute approximate surface area is 119 Å². The van der Waals surface area contributed by atoms with Crippen LogP contribution in [0.3, 0.4) is 0 Å². The molecular weight excluding hydrogens is 252 g/mol. The van der Waals surface area contributed by atoms with E-state index < -0.39 is 0 Å². The zero-order chi connectivity index (χ0) is 14.4. The van der Waals surface area contributed by atoms with E-state index in [1.807, 2.05) is 23.1 Å². The Morgan fingerprint density at radius 3 is 2.85 bits per heavy atom. The monoisotopic (exact) mass is 272 g/mol. The van der Waals surface area contributed by atoms with Gasteiger partial charge in [0.1, 0.15) is 0 Å². The van der Waals surface area contributed by atoms with Gasteiger partial charge in [-0.2, -0.15) is 0 Å². The predicted octanol–water partition coefficient (Wildman–Crippen LogP) is 1.38. The highest BCUT2D eigenvalue weighted by atomic mass is 16.2. The summed E-state index contributed by atoms with van der Waals surface area (Å²) in [5.74, 6) is 0.209. The van der Waals surface area contributed by atoms with Crippen molar-refractivity contribution < 1.29 is 9.59 Å². The first-order chi connectivity index (χ1) is 9.69. The van der Waals surface area contributed by atoms with Gasteiger partial charge >= 0.3 is 0 Å². The molecule has 1 heterocycles. The van der Waals surface area contributed by atoms with Crippen LogP contribution in [-0.4, -0.2) is 36.3 Å². The van der Waals surface area contributed by atoms with Gasteiger partial charge in [-0.15, -0.1) is 0 Å². The van der Waals surface area contributed by atoms with E-state index in [9.17, 15) is 9.59 Å². The largest absolute Gasteiger partial charge is 0.352 e. The average molecular weight is 272 g/mol. The fraction of sp³-hybridized carbons (Fsp3) is 0.375. The van der Waals surface area contributed by atoms with Gasteiger partial charge in [-0.25, -0.2) is 0 Å². The van der Waals surface area contributed by atoms with E-state index >= 15 is 0 Å². The molecule has 1 aliphatic heterocycles. The molecule has 1 aromatic rings. The first-order valence-electron chi connectivity index (χ1n) is 6.91. The first-order valence-corrected chi connectivity index (χ1v) is 6.91. The van der Waals surface area contributed by atoms with Crippen LogP contribution >= 0.6 is 0 Å². The van der Waals surface area contributed by atoms with Crippen LogP contribution < -0.4 is 5.32 Å². The molecular formula is C16H20N2O2. The van der Waals surface area contributed by atoms with Crippen LogP contribution in [0.4, 0.5) is 0 Å². The molecule has 2 amide bonds. The molecule has 4 heteroatoms. The van der Waals surface area contributed by atoms with E-state index in [-0.39, 0.29) is 17.7 Å². The van der Waals surface area contributed by atoms with Crippen molar-refractivity contribution >= 4 is 11.8 Å². The Morgan fingerprint density at radius 1 is 1.40 bits per heavy atom. The minimum absolute atomic E-state index is 0.179. The summed E-state index contributed by atoms with van der Waals surface area (Å²) in [6, 6.07) is 10.1. The number of benzene rings is 1. The second kappa shape index (κ2) is 6.89. The molecule has 1 saturated heterocycles. The zero-order valence-corrected chi connectivity index (χ0v) is 11.5. The third-order valence-corrected chi connectivity index (χ3v) is 3.56. The van der Waals surface area contributed by atoms with Gasteiger partial charge in [0, 0.05) is 32.0 Å². The number of rotatable bonds is 6. The smallest absolute Gasteiger partial charge is 0.243 e. The molecule has 2 rings (SSSR count). The van der Waals surface area contributed by atoms with E-state index in [4.69, 9.17) is 0 Å². The van der Waals surface area contributed by atoms with Gasteiger partial charge in [0.25, 0.3) is 0 Å². The number of likely N-dealkylation sites (tertiary alicyclic amines) is 1. The number of nitrogens with one attached hydrogen (secondary N) is 1. The van der Waals surface area contributed by atoms with E-state index in [1.165, 1.54) is 11.6 Å². The van der Waals surface area contributed by atoms with E-state index in [0.29, 0.717) is 13.0 Å². The Morgan fingerprint density at radius 2 is 2.15 bits per heavy atom. The zero-order valence-electron chi connectivity index (χ0n) is 11.5. The lowest BCUT2D eigenvalue weighted by Crippen LogP contribution is -2.31. The van der Waals surface area contributed by atoms with Crippen LogP contribution in [0, 0.1) is 5.92 Å². The van der Waals surface area contributed by atoms with Crippen molar-refractivity contribution in [1.82, 2.24) is 10.2 Å². The van der Waals surface area contributed by atoms with Gasteiger partial charge in [-0.3, -0.25) is 9.59 Å². The van der Waals surface area contributed by atoms with Gasteiger partial charge in [-0.05, 0) is 18.1 Å². The molecule has 0 bridgehead atoms. The average Bonchev–Trinajstić information content (AvgIpc) is 2.84. The highest BCUT2D eigenvalue weighted by molar-refractivity contribution is 5.87. The summed E-state index contributed by atoms with van der Waals surface area (Å²) in [5.41, 5.74) is 1.24. The molecule has 106 valence electrons. The molecule has 1 unspecified atom stereocenters. The van der Waals surface area contributed by atoms with Crippen molar-refractivity contribution in [1.29, 1.82) is 0 Å². The van der Waals surface area contributed by atoms with Crippen LogP contribution in [0.2, 0.25) is 0 Å². The molecule has 0 radical (unpaired) electrons. The van der Waals surface area contributed by atoms with Gasteiger partial charge in [-0.1, -0.05) is 36.9 Å². The van der Waals surface area contributed by atoms with Crippen molar-refractivity contribution in [3.05, 3.63) is 48.6 Å². The summed E-state index contributed by atoms with van der Waals surface area (Å²) in [5, 5.41) is 2.75. The molecule has 1 aromatic carbocycles. The van der Waals surface area contributed by atoms with Crippen molar-refractivity contribution in [3.8, 4) is 0 Å². The van der Waals surface area contributed by atoms with E-state index in [0.717, 1.165) is 19.5 Å². The molecule has 1 atom stereocenters. The second-order valence-electron chi connectivity index (χ2n) is 5.09. The molecule has 0 spiro atoms. The van der Waals surface area contributed by atoms with Gasteiger partial charge in [0.05, 0.1) is 0 Å². The number of hydrogen-bond donors (Lipinski definition) is 1. The Bertz CT molecular complexity index is 485. The quantitative estimate of drug-likeness (QED) is 0.795. The van der Waals surface area contributed by atoms with Crippen LogP contribution in [-0.2, 0) is 16.0 Å². The maximum Gasteiger partial charge on any atom is 0.243 e. The van der Waals surface area contributed by atoms with Crippen molar-refractivity contribution in [3.63, 3.8) is 0 Å². The third kappa shape index (κ3) is 3.95. The predicted molar refractivity (Wildman–Crippen MR) is 78.0 cm³/mol. The molecule has 0 aliphatic carbocycles. The summed E-state index contributed by atoms with van der Waals surface area (Å²) >= 11 is 0. The van der Waals surface area contributed by atoms with Gasteiger partial charge in [0.2, 0.25) is 11.8 Å². The molecule has 0 aromatic heterocycles. The lowest BCUT2D eigenvalue weighted by Gasteiger charge is -2.16. The van der Waals surface area contributed by atoms with E-state index in [2.05, 4.69) is 24.0 Å². The van der Waals surface area contributed by atoms with Gasteiger partial charge in [0.15, 0.2) is 0 Å². The second-order valence-corrected chi connectivity index (χ2v) is 5.09. The minimum atomic E-state index is -0.180. The molecule has 0 saturated carbocycles. The maximum atomic E-state index is 11.9. The summed E-state index contributed by atoms with van der Waals surface area (Å²) < 4.78 is 0. The highest BCUT2D eigenvalue weighted by Gasteiger charge is 2.29. The minimum Gasteiger partial charge on any atom is -0.352 e. The van der Waals surface area contributed by atoms with Crippen LogP contribution in [0.1, 0.15) is 12.0 Å². The summed E-state index contributed by atoms with van der Waals surface area (Å²) in [4.78, 5) is 24.9. The molecule has 1 aliphatic rings. The number of carbonyl (C=O) groups is 2. The topological polar surface area (TPSA) is 49.4 Å². The van der Waals surface area contributed by atoms with Crippen LogP contribution in [0.15, 0.2) is 43.0 Å². The Balaban J connectivity index is 1.77. The first kappa shape index (κ1) is 14.3. The third-order valence-electron chi connectivity index (χ3n) is 3.56. The normalized spacial score (nSPS) is 18.1. The number of nitrogens with zero attached hydrogens (tertiary/aromatic N) is 1. The number of amides is 2. The molecule has 20 heavy (non-hydrogen) atoms. The maximum absolute atomic E-state index is 11.9. The SMILES string of the molecule is C=CC(=O)NCC1CC(=O)N(CCc2ccccc2)C1. The Hall–Kier alpha value is -2.10. The summed E-state index contributed by atoms with van der Waals surface area (Å²) in [6.45, 7) is 5.42. The Kier molecular flexibility index (Phi) is 4.93. The van der Waals surface area contributed by atoms with Crippen molar-refractivity contribution in [2.75, 3.05) is 19.6 Å². The van der Waals surface area contributed by atoms with Crippen LogP contribution in [0.25, 0.3) is 0 Å². The molecule has 4 nitrogen and oxygen atoms in total. The fourth-order valence-corrected chi connectivity index (χ4v) is 2.43.